The summed E-state index contributed by atoms with van der Waals surface area (Å²) in [5.41, 5.74) is -0.279. The van der Waals surface area contributed by atoms with Crippen LogP contribution in [0.25, 0.3) is 0 Å². The second-order valence-electron chi connectivity index (χ2n) is 6.20. The molecule has 1 amide bonds. The van der Waals surface area contributed by atoms with E-state index in [2.05, 4.69) is 10.3 Å². The van der Waals surface area contributed by atoms with Crippen molar-refractivity contribution in [1.82, 2.24) is 24.5 Å². The molecule has 0 bridgehead atoms. The number of hydrogen-bond donors (Lipinski definition) is 1. The average molecular weight is 303 g/mol. The van der Waals surface area contributed by atoms with Crippen LogP contribution < -0.4 is 0 Å². The molecule has 0 saturated carbocycles. The lowest BCUT2D eigenvalue weighted by molar-refractivity contribution is 0.0264. The van der Waals surface area contributed by atoms with Gasteiger partial charge in [-0.15, -0.1) is 5.10 Å². The van der Waals surface area contributed by atoms with Gasteiger partial charge in [0.25, 0.3) is 5.91 Å². The first-order valence-electron chi connectivity index (χ1n) is 7.51. The second-order valence-corrected chi connectivity index (χ2v) is 6.20. The molecular formula is C15H21N5O2. The summed E-state index contributed by atoms with van der Waals surface area (Å²) in [5.74, 6) is -0.0341. The highest BCUT2D eigenvalue weighted by Gasteiger charge is 2.39. The van der Waals surface area contributed by atoms with E-state index in [-0.39, 0.29) is 11.9 Å². The molecule has 22 heavy (non-hydrogen) atoms. The third kappa shape index (κ3) is 2.76. The lowest BCUT2D eigenvalue weighted by Crippen LogP contribution is -2.40. The second kappa shape index (κ2) is 5.57. The van der Waals surface area contributed by atoms with Gasteiger partial charge in [-0.25, -0.2) is 4.68 Å². The SMILES string of the molecule is CC(C)n1cccc1C(=O)N1CCC(O)(Cn2ccnn2)C1. The number of hydrogen-bond acceptors (Lipinski definition) is 4. The highest BCUT2D eigenvalue weighted by molar-refractivity contribution is 5.93. The maximum absolute atomic E-state index is 12.7. The number of β-amino-alcohol motifs (C(OH)–C–C–N with tert-alkyl or cyclic N) is 1. The van der Waals surface area contributed by atoms with Crippen LogP contribution in [-0.4, -0.2) is 54.2 Å². The largest absolute Gasteiger partial charge is 0.386 e. The number of nitrogens with zero attached hydrogens (tertiary/aromatic N) is 5. The van der Waals surface area contributed by atoms with E-state index < -0.39 is 5.60 Å². The molecule has 1 aliphatic rings. The van der Waals surface area contributed by atoms with Gasteiger partial charge in [0, 0.05) is 25.0 Å². The van der Waals surface area contributed by atoms with Crippen LogP contribution in [0.5, 0.6) is 0 Å². The van der Waals surface area contributed by atoms with E-state index in [0.717, 1.165) is 0 Å². The summed E-state index contributed by atoms with van der Waals surface area (Å²) in [5, 5.41) is 18.3. The average Bonchev–Trinajstić information content (AvgIpc) is 3.18. The van der Waals surface area contributed by atoms with Gasteiger partial charge in [0.15, 0.2) is 0 Å². The van der Waals surface area contributed by atoms with Gasteiger partial charge in [-0.1, -0.05) is 5.21 Å². The van der Waals surface area contributed by atoms with Gasteiger partial charge in [0.1, 0.15) is 11.3 Å². The van der Waals surface area contributed by atoms with E-state index >= 15 is 0 Å². The van der Waals surface area contributed by atoms with Crippen LogP contribution in [0.15, 0.2) is 30.7 Å². The van der Waals surface area contributed by atoms with E-state index in [1.54, 1.807) is 22.0 Å². The summed E-state index contributed by atoms with van der Waals surface area (Å²) in [4.78, 5) is 14.4. The summed E-state index contributed by atoms with van der Waals surface area (Å²) in [6.07, 6.45) is 5.75. The lowest BCUT2D eigenvalue weighted by atomic mass is 10.0. The maximum atomic E-state index is 12.7. The molecule has 1 N–H and O–H groups in total. The van der Waals surface area contributed by atoms with Crippen LogP contribution in [0.3, 0.4) is 0 Å². The van der Waals surface area contributed by atoms with Crippen molar-refractivity contribution >= 4 is 5.91 Å². The third-order valence-electron chi connectivity index (χ3n) is 4.10. The summed E-state index contributed by atoms with van der Waals surface area (Å²) < 4.78 is 3.56. The summed E-state index contributed by atoms with van der Waals surface area (Å²) >= 11 is 0. The molecule has 0 aliphatic carbocycles. The summed E-state index contributed by atoms with van der Waals surface area (Å²) in [7, 11) is 0. The molecule has 3 heterocycles. The van der Waals surface area contributed by atoms with Crippen molar-refractivity contribution in [2.24, 2.45) is 0 Å². The molecule has 1 aliphatic heterocycles. The molecule has 0 radical (unpaired) electrons. The molecule has 7 heteroatoms. The number of amides is 1. The van der Waals surface area contributed by atoms with Gasteiger partial charge in [0.2, 0.25) is 0 Å². The van der Waals surface area contributed by atoms with Crippen LogP contribution in [0.4, 0.5) is 0 Å². The Morgan fingerprint density at radius 3 is 2.95 bits per heavy atom. The van der Waals surface area contributed by atoms with Crippen molar-refractivity contribution in [1.29, 1.82) is 0 Å². The quantitative estimate of drug-likeness (QED) is 0.912. The standard InChI is InChI=1S/C15H21N5O2/c1-12(2)20-7-3-4-13(20)14(21)18-8-5-15(22,10-18)11-19-9-6-16-17-19/h3-4,6-7,9,12,22H,5,8,10-11H2,1-2H3. The first-order valence-corrected chi connectivity index (χ1v) is 7.51. The van der Waals surface area contributed by atoms with Crippen LogP contribution in [0, 0.1) is 0 Å². The fourth-order valence-electron chi connectivity index (χ4n) is 2.96. The minimum atomic E-state index is -0.946. The molecule has 7 nitrogen and oxygen atoms in total. The molecule has 1 saturated heterocycles. The van der Waals surface area contributed by atoms with E-state index in [1.165, 1.54) is 0 Å². The number of aromatic nitrogens is 4. The molecule has 118 valence electrons. The first kappa shape index (κ1) is 14.8. The van der Waals surface area contributed by atoms with E-state index in [0.29, 0.717) is 31.7 Å². The van der Waals surface area contributed by atoms with Gasteiger partial charge in [-0.05, 0) is 32.4 Å². The minimum Gasteiger partial charge on any atom is -0.386 e. The number of carbonyl (C=O) groups excluding carboxylic acids is 1. The van der Waals surface area contributed by atoms with Gasteiger partial charge in [0.05, 0.1) is 19.3 Å². The lowest BCUT2D eigenvalue weighted by Gasteiger charge is -2.23. The van der Waals surface area contributed by atoms with Crippen molar-refractivity contribution in [3.8, 4) is 0 Å². The van der Waals surface area contributed by atoms with Gasteiger partial charge < -0.3 is 14.6 Å². The van der Waals surface area contributed by atoms with E-state index in [1.807, 2.05) is 36.7 Å². The molecule has 0 aromatic carbocycles. The predicted molar refractivity (Wildman–Crippen MR) is 80.3 cm³/mol. The van der Waals surface area contributed by atoms with E-state index in [9.17, 15) is 9.90 Å². The number of carbonyl (C=O) groups is 1. The molecule has 1 unspecified atom stereocenters. The highest BCUT2D eigenvalue weighted by atomic mass is 16.3. The Kier molecular flexibility index (Phi) is 3.74. The zero-order valence-electron chi connectivity index (χ0n) is 12.9. The van der Waals surface area contributed by atoms with Crippen LogP contribution in [-0.2, 0) is 6.54 Å². The molecule has 1 atom stereocenters. The summed E-state index contributed by atoms with van der Waals surface area (Å²) in [6.45, 7) is 5.30. The molecule has 3 rings (SSSR count). The van der Waals surface area contributed by atoms with Crippen LogP contribution >= 0.6 is 0 Å². The fourth-order valence-corrected chi connectivity index (χ4v) is 2.96. The van der Waals surface area contributed by atoms with Crippen LogP contribution in [0.1, 0.15) is 36.8 Å². The van der Waals surface area contributed by atoms with Crippen molar-refractivity contribution in [2.75, 3.05) is 13.1 Å². The Morgan fingerprint density at radius 1 is 1.45 bits per heavy atom. The van der Waals surface area contributed by atoms with Crippen molar-refractivity contribution in [3.63, 3.8) is 0 Å². The molecule has 2 aromatic rings. The van der Waals surface area contributed by atoms with Gasteiger partial charge in [-0.3, -0.25) is 4.79 Å². The molecule has 0 spiro atoms. The molecule has 1 fully saturated rings. The number of likely N-dealkylation sites (tertiary alicyclic amines) is 1. The summed E-state index contributed by atoms with van der Waals surface area (Å²) in [6, 6.07) is 3.94. The predicted octanol–water partition coefficient (Wildman–Crippen LogP) is 0.938. The number of rotatable bonds is 4. The zero-order valence-corrected chi connectivity index (χ0v) is 12.9. The van der Waals surface area contributed by atoms with Crippen molar-refractivity contribution in [2.45, 2.75) is 38.5 Å². The van der Waals surface area contributed by atoms with Crippen molar-refractivity contribution in [3.05, 3.63) is 36.4 Å². The zero-order chi connectivity index (χ0) is 15.7. The highest BCUT2D eigenvalue weighted by Crippen LogP contribution is 2.25. The van der Waals surface area contributed by atoms with E-state index in [4.69, 9.17) is 0 Å². The molecular weight excluding hydrogens is 282 g/mol. The fraction of sp³-hybridized carbons (Fsp3) is 0.533. The normalized spacial score (nSPS) is 21.7. The molecule has 2 aromatic heterocycles. The Bertz CT molecular complexity index is 649. The maximum Gasteiger partial charge on any atom is 0.270 e. The minimum absolute atomic E-state index is 0.0341. The Morgan fingerprint density at radius 2 is 2.27 bits per heavy atom. The Labute approximate surface area is 129 Å². The smallest absolute Gasteiger partial charge is 0.270 e. The Balaban J connectivity index is 1.72. The van der Waals surface area contributed by atoms with Gasteiger partial charge in [-0.2, -0.15) is 0 Å². The van der Waals surface area contributed by atoms with Gasteiger partial charge >= 0.3 is 0 Å². The third-order valence-corrected chi connectivity index (χ3v) is 4.10. The first-order chi connectivity index (χ1) is 10.5. The topological polar surface area (TPSA) is 76.2 Å². The van der Waals surface area contributed by atoms with Crippen molar-refractivity contribution < 1.29 is 9.90 Å². The number of aliphatic hydroxyl groups is 1. The monoisotopic (exact) mass is 303 g/mol. The van der Waals surface area contributed by atoms with Crippen LogP contribution in [0.2, 0.25) is 0 Å². The Hall–Kier alpha value is -2.15.